The Labute approximate surface area is 174 Å². The Bertz CT molecular complexity index is 762. The Hall–Kier alpha value is -2.81. The van der Waals surface area contributed by atoms with Gasteiger partial charge in [-0.3, -0.25) is 9.88 Å². The lowest BCUT2D eigenvalue weighted by atomic mass is 10.0. The fraction of sp³-hybridized carbons (Fsp3) is 0.429. The second-order valence-corrected chi connectivity index (χ2v) is 6.58. The van der Waals surface area contributed by atoms with Crippen molar-refractivity contribution in [3.63, 3.8) is 0 Å². The molecule has 0 spiro atoms. The number of likely N-dealkylation sites (tertiary alicyclic amines) is 1. The van der Waals surface area contributed by atoms with Crippen LogP contribution in [0.2, 0.25) is 0 Å². The van der Waals surface area contributed by atoms with Gasteiger partial charge in [-0.2, -0.15) is 0 Å². The third-order valence-electron chi connectivity index (χ3n) is 4.40. The van der Waals surface area contributed by atoms with Gasteiger partial charge >= 0.3 is 12.4 Å². The molecule has 1 aliphatic heterocycles. The number of alkyl halides is 3. The van der Waals surface area contributed by atoms with Crippen LogP contribution >= 0.6 is 0 Å². The van der Waals surface area contributed by atoms with Gasteiger partial charge in [0.2, 0.25) is 0 Å². The summed E-state index contributed by atoms with van der Waals surface area (Å²) in [5.74, 6) is -0.334. The summed E-state index contributed by atoms with van der Waals surface area (Å²) in [6.07, 6.45) is 0.508. The minimum atomic E-state index is -4.74. The molecular formula is C21H27F3N4O2. The highest BCUT2D eigenvalue weighted by Crippen LogP contribution is 2.24. The molecule has 2 amide bonds. The van der Waals surface area contributed by atoms with Crippen LogP contribution in [0.4, 0.5) is 23.7 Å². The zero-order chi connectivity index (χ0) is 22.0. The minimum Gasteiger partial charge on any atom is -0.406 e. The van der Waals surface area contributed by atoms with Crippen molar-refractivity contribution in [1.82, 2.24) is 15.2 Å². The number of rotatable bonds is 5. The fourth-order valence-electron chi connectivity index (χ4n) is 3.08. The largest absolute Gasteiger partial charge is 0.573 e. The van der Waals surface area contributed by atoms with Crippen LogP contribution in [0.5, 0.6) is 5.75 Å². The van der Waals surface area contributed by atoms with Gasteiger partial charge in [-0.05, 0) is 48.7 Å². The molecular weight excluding hydrogens is 397 g/mol. The van der Waals surface area contributed by atoms with Gasteiger partial charge in [0, 0.05) is 43.8 Å². The molecule has 0 aliphatic carbocycles. The number of ether oxygens (including phenoxy) is 1. The zero-order valence-corrected chi connectivity index (χ0v) is 17.1. The van der Waals surface area contributed by atoms with Gasteiger partial charge in [-0.1, -0.05) is 19.9 Å². The summed E-state index contributed by atoms with van der Waals surface area (Å²) in [5.41, 5.74) is 1.55. The Morgan fingerprint density at radius 1 is 1.17 bits per heavy atom. The van der Waals surface area contributed by atoms with Crippen LogP contribution in [-0.4, -0.2) is 41.4 Å². The molecule has 6 nitrogen and oxygen atoms in total. The number of pyridine rings is 1. The average molecular weight is 424 g/mol. The summed E-state index contributed by atoms with van der Waals surface area (Å²) < 4.78 is 40.3. The third-order valence-corrected chi connectivity index (χ3v) is 4.40. The number of hydrogen-bond acceptors (Lipinski definition) is 4. The number of anilines is 1. The molecule has 9 heteroatoms. The van der Waals surface area contributed by atoms with Crippen LogP contribution < -0.4 is 15.4 Å². The maximum Gasteiger partial charge on any atom is 0.573 e. The molecule has 1 fully saturated rings. The predicted octanol–water partition coefficient (Wildman–Crippen LogP) is 4.79. The van der Waals surface area contributed by atoms with Crippen LogP contribution in [0.3, 0.4) is 0 Å². The molecule has 1 aromatic heterocycles. The first-order valence-electron chi connectivity index (χ1n) is 9.92. The average Bonchev–Trinajstić information content (AvgIpc) is 2.72. The van der Waals surface area contributed by atoms with Crippen molar-refractivity contribution in [2.75, 3.05) is 18.4 Å². The van der Waals surface area contributed by atoms with E-state index in [2.05, 4.69) is 25.3 Å². The number of nitrogens with one attached hydrogen (secondary N) is 2. The van der Waals surface area contributed by atoms with Gasteiger partial charge in [0.05, 0.1) is 0 Å². The summed E-state index contributed by atoms with van der Waals surface area (Å²) in [6, 6.07) is 8.65. The summed E-state index contributed by atoms with van der Waals surface area (Å²) >= 11 is 0. The Kier molecular flexibility index (Phi) is 8.91. The van der Waals surface area contributed by atoms with E-state index in [4.69, 9.17) is 0 Å². The number of halogens is 3. The highest BCUT2D eigenvalue weighted by Gasteiger charge is 2.31. The Morgan fingerprint density at radius 3 is 2.40 bits per heavy atom. The molecule has 3 rings (SSSR count). The van der Waals surface area contributed by atoms with Gasteiger partial charge in [-0.15, -0.1) is 13.2 Å². The van der Waals surface area contributed by atoms with Gasteiger partial charge in [0.25, 0.3) is 0 Å². The molecule has 0 atom stereocenters. The number of urea groups is 1. The zero-order valence-electron chi connectivity index (χ0n) is 17.1. The lowest BCUT2D eigenvalue weighted by Gasteiger charge is -2.32. The highest BCUT2D eigenvalue weighted by atomic mass is 19.4. The second kappa shape index (κ2) is 11.4. The number of amides is 2. The van der Waals surface area contributed by atoms with Crippen LogP contribution in [-0.2, 0) is 6.54 Å². The van der Waals surface area contributed by atoms with Gasteiger partial charge in [0.1, 0.15) is 5.75 Å². The normalized spacial score (nSPS) is 15.0. The molecule has 0 bridgehead atoms. The molecule has 0 unspecified atom stereocenters. The first-order chi connectivity index (χ1) is 14.4. The second-order valence-electron chi connectivity index (χ2n) is 6.58. The topological polar surface area (TPSA) is 66.5 Å². The van der Waals surface area contributed by atoms with Crippen LogP contribution in [0.25, 0.3) is 0 Å². The summed E-state index contributed by atoms with van der Waals surface area (Å²) in [4.78, 5) is 18.5. The van der Waals surface area contributed by atoms with E-state index >= 15 is 0 Å². The highest BCUT2D eigenvalue weighted by molar-refractivity contribution is 5.89. The van der Waals surface area contributed by atoms with E-state index in [9.17, 15) is 18.0 Å². The molecule has 0 radical (unpaired) electrons. The van der Waals surface area contributed by atoms with E-state index in [0.29, 0.717) is 5.69 Å². The fourth-order valence-corrected chi connectivity index (χ4v) is 3.08. The van der Waals surface area contributed by atoms with Crippen molar-refractivity contribution in [2.24, 2.45) is 0 Å². The third kappa shape index (κ3) is 8.28. The first-order valence-corrected chi connectivity index (χ1v) is 9.92. The minimum absolute atomic E-state index is 0.0537. The smallest absolute Gasteiger partial charge is 0.406 e. The van der Waals surface area contributed by atoms with Crippen molar-refractivity contribution >= 4 is 11.7 Å². The van der Waals surface area contributed by atoms with E-state index in [0.717, 1.165) is 50.2 Å². The molecule has 2 aromatic rings. The molecule has 0 saturated carbocycles. The van der Waals surface area contributed by atoms with Gasteiger partial charge in [-0.25, -0.2) is 4.79 Å². The SMILES string of the molecule is CC.O=C(Nc1ccc(OC(F)(F)F)cc1)NC1CCN(Cc2cccnc2)CC1. The van der Waals surface area contributed by atoms with Crippen molar-refractivity contribution in [2.45, 2.75) is 45.6 Å². The number of aromatic nitrogens is 1. The summed E-state index contributed by atoms with van der Waals surface area (Å²) in [5, 5.41) is 5.53. The van der Waals surface area contributed by atoms with Gasteiger partial charge < -0.3 is 15.4 Å². The Balaban J connectivity index is 0.00000155. The van der Waals surface area contributed by atoms with E-state index in [1.807, 2.05) is 32.2 Å². The summed E-state index contributed by atoms with van der Waals surface area (Å²) in [7, 11) is 0. The molecule has 2 N–H and O–H groups in total. The number of carbonyl (C=O) groups is 1. The van der Waals surface area contributed by atoms with Crippen molar-refractivity contribution in [1.29, 1.82) is 0 Å². The maximum atomic E-state index is 12.2. The number of hydrogen-bond donors (Lipinski definition) is 2. The quantitative estimate of drug-likeness (QED) is 0.724. The standard InChI is InChI=1S/C19H21F3N4O2.C2H6/c20-19(21,22)28-17-5-3-15(4-6-17)24-18(27)25-16-7-10-26(11-8-16)13-14-2-1-9-23-12-14;1-2/h1-6,9,12,16H,7-8,10-11,13H2,(H2,24,25,27);1-2H3. The molecule has 164 valence electrons. The number of benzene rings is 1. The summed E-state index contributed by atoms with van der Waals surface area (Å²) in [6.45, 7) is 6.56. The van der Waals surface area contributed by atoms with Crippen LogP contribution in [0, 0.1) is 0 Å². The van der Waals surface area contributed by atoms with E-state index in [1.165, 1.54) is 12.1 Å². The molecule has 1 aromatic carbocycles. The van der Waals surface area contributed by atoms with Crippen molar-refractivity contribution in [3.05, 3.63) is 54.4 Å². The van der Waals surface area contributed by atoms with E-state index in [1.54, 1.807) is 6.20 Å². The van der Waals surface area contributed by atoms with Crippen LogP contribution in [0.1, 0.15) is 32.3 Å². The molecule has 2 heterocycles. The molecule has 30 heavy (non-hydrogen) atoms. The number of piperidine rings is 1. The van der Waals surface area contributed by atoms with Crippen molar-refractivity contribution in [3.8, 4) is 5.75 Å². The number of carbonyl (C=O) groups excluding carboxylic acids is 1. The lowest BCUT2D eigenvalue weighted by Crippen LogP contribution is -2.45. The maximum absolute atomic E-state index is 12.2. The Morgan fingerprint density at radius 2 is 1.83 bits per heavy atom. The predicted molar refractivity (Wildman–Crippen MR) is 109 cm³/mol. The van der Waals surface area contributed by atoms with Crippen molar-refractivity contribution < 1.29 is 22.7 Å². The first kappa shape index (κ1) is 23.5. The number of nitrogens with zero attached hydrogens (tertiary/aromatic N) is 2. The molecule has 1 aliphatic rings. The van der Waals surface area contributed by atoms with Crippen LogP contribution in [0.15, 0.2) is 48.8 Å². The monoisotopic (exact) mass is 424 g/mol. The van der Waals surface area contributed by atoms with E-state index in [-0.39, 0.29) is 17.8 Å². The van der Waals surface area contributed by atoms with E-state index < -0.39 is 6.36 Å². The molecule has 1 saturated heterocycles. The lowest BCUT2D eigenvalue weighted by molar-refractivity contribution is -0.274. The van der Waals surface area contributed by atoms with Gasteiger partial charge in [0.15, 0.2) is 0 Å².